The van der Waals surface area contributed by atoms with E-state index in [0.717, 1.165) is 39.1 Å². The van der Waals surface area contributed by atoms with E-state index >= 15 is 0 Å². The molecule has 2 aliphatic rings. The van der Waals surface area contributed by atoms with Gasteiger partial charge in [0.1, 0.15) is 0 Å². The standard InChI is InChI=1S/C16H31N3O2/c1-13-5-3-4-6-15(13)17-16(21)14(2)19-9-7-18(8-10-19)11-12-20/h13-15,20H,3-12H2,1-2H3,(H,17,21). The van der Waals surface area contributed by atoms with Crippen molar-refractivity contribution in [1.82, 2.24) is 15.1 Å². The van der Waals surface area contributed by atoms with Crippen LogP contribution in [0.25, 0.3) is 0 Å². The molecule has 0 aromatic carbocycles. The molecule has 0 spiro atoms. The highest BCUT2D eigenvalue weighted by atomic mass is 16.3. The predicted molar refractivity (Wildman–Crippen MR) is 84.1 cm³/mol. The number of aliphatic hydroxyl groups is 1. The first-order chi connectivity index (χ1) is 10.1. The molecule has 0 aromatic heterocycles. The Hall–Kier alpha value is -0.650. The molecule has 1 saturated heterocycles. The first-order valence-electron chi connectivity index (χ1n) is 8.49. The van der Waals surface area contributed by atoms with Crippen LogP contribution in [0, 0.1) is 5.92 Å². The summed E-state index contributed by atoms with van der Waals surface area (Å²) in [5.74, 6) is 0.792. The number of carbonyl (C=O) groups excluding carboxylic acids is 1. The quantitative estimate of drug-likeness (QED) is 0.783. The lowest BCUT2D eigenvalue weighted by molar-refractivity contribution is -0.127. The van der Waals surface area contributed by atoms with Crippen LogP contribution in [0.5, 0.6) is 0 Å². The summed E-state index contributed by atoms with van der Waals surface area (Å²) in [6.45, 7) is 8.94. The van der Waals surface area contributed by atoms with Crippen molar-refractivity contribution in [3.05, 3.63) is 0 Å². The van der Waals surface area contributed by atoms with Gasteiger partial charge < -0.3 is 10.4 Å². The van der Waals surface area contributed by atoms with Crippen LogP contribution in [0.15, 0.2) is 0 Å². The summed E-state index contributed by atoms with van der Waals surface area (Å²) in [5, 5.41) is 12.2. The lowest BCUT2D eigenvalue weighted by Crippen LogP contribution is -2.56. The molecular formula is C16H31N3O2. The Bertz CT molecular complexity index is 329. The van der Waals surface area contributed by atoms with Crippen LogP contribution >= 0.6 is 0 Å². The van der Waals surface area contributed by atoms with Crippen LogP contribution in [-0.4, -0.2) is 72.2 Å². The second-order valence-electron chi connectivity index (χ2n) is 6.65. The van der Waals surface area contributed by atoms with Crippen LogP contribution in [0.4, 0.5) is 0 Å². The average molecular weight is 297 g/mol. The molecule has 1 heterocycles. The van der Waals surface area contributed by atoms with Crippen molar-refractivity contribution < 1.29 is 9.90 Å². The van der Waals surface area contributed by atoms with Crippen LogP contribution in [0.1, 0.15) is 39.5 Å². The third-order valence-electron chi connectivity index (χ3n) is 5.19. The number of carbonyl (C=O) groups is 1. The van der Waals surface area contributed by atoms with Gasteiger partial charge in [0.05, 0.1) is 12.6 Å². The van der Waals surface area contributed by atoms with Gasteiger partial charge in [-0.2, -0.15) is 0 Å². The molecule has 0 radical (unpaired) electrons. The van der Waals surface area contributed by atoms with Crippen molar-refractivity contribution in [3.63, 3.8) is 0 Å². The number of aliphatic hydroxyl groups excluding tert-OH is 1. The maximum absolute atomic E-state index is 12.5. The first kappa shape index (κ1) is 16.7. The van der Waals surface area contributed by atoms with Crippen LogP contribution in [-0.2, 0) is 4.79 Å². The number of nitrogens with one attached hydrogen (secondary N) is 1. The summed E-state index contributed by atoms with van der Waals surface area (Å²) in [4.78, 5) is 17.0. The third-order valence-corrected chi connectivity index (χ3v) is 5.19. The maximum atomic E-state index is 12.5. The fourth-order valence-corrected chi connectivity index (χ4v) is 3.52. The Morgan fingerprint density at radius 3 is 2.52 bits per heavy atom. The molecule has 1 aliphatic heterocycles. The molecular weight excluding hydrogens is 266 g/mol. The highest BCUT2D eigenvalue weighted by Gasteiger charge is 2.29. The highest BCUT2D eigenvalue weighted by molar-refractivity contribution is 5.81. The minimum absolute atomic E-state index is 0.0459. The van der Waals surface area contributed by atoms with E-state index in [9.17, 15) is 4.79 Å². The zero-order chi connectivity index (χ0) is 15.2. The van der Waals surface area contributed by atoms with E-state index in [1.165, 1.54) is 19.3 Å². The Labute approximate surface area is 128 Å². The van der Waals surface area contributed by atoms with Gasteiger partial charge in [-0.1, -0.05) is 19.8 Å². The predicted octanol–water partition coefficient (Wildman–Crippen LogP) is 0.680. The number of β-amino-alcohol motifs (C(OH)–C–C–N with tert-alkyl or cyclic N) is 1. The number of piperazine rings is 1. The molecule has 3 unspecified atom stereocenters. The molecule has 122 valence electrons. The number of hydrogen-bond donors (Lipinski definition) is 2. The van der Waals surface area contributed by atoms with E-state index in [0.29, 0.717) is 12.0 Å². The molecule has 1 saturated carbocycles. The van der Waals surface area contributed by atoms with Crippen molar-refractivity contribution in [3.8, 4) is 0 Å². The largest absolute Gasteiger partial charge is 0.395 e. The zero-order valence-corrected chi connectivity index (χ0v) is 13.6. The third kappa shape index (κ3) is 4.66. The van der Waals surface area contributed by atoms with Crippen LogP contribution in [0.2, 0.25) is 0 Å². The average Bonchev–Trinajstić information content (AvgIpc) is 2.50. The summed E-state index contributed by atoms with van der Waals surface area (Å²) in [7, 11) is 0. The van der Waals surface area contributed by atoms with Crippen molar-refractivity contribution in [1.29, 1.82) is 0 Å². The molecule has 0 aromatic rings. The van der Waals surface area contributed by atoms with E-state index in [2.05, 4.69) is 22.0 Å². The van der Waals surface area contributed by atoms with Crippen molar-refractivity contribution in [2.45, 2.75) is 51.6 Å². The summed E-state index contributed by atoms with van der Waals surface area (Å²) < 4.78 is 0. The second kappa shape index (κ2) is 8.11. The van der Waals surface area contributed by atoms with E-state index in [1.54, 1.807) is 0 Å². The topological polar surface area (TPSA) is 55.8 Å². The number of rotatable bonds is 5. The maximum Gasteiger partial charge on any atom is 0.237 e. The molecule has 1 aliphatic carbocycles. The zero-order valence-electron chi connectivity index (χ0n) is 13.6. The van der Waals surface area contributed by atoms with E-state index < -0.39 is 0 Å². The van der Waals surface area contributed by atoms with Crippen LogP contribution < -0.4 is 5.32 Å². The number of nitrogens with zero attached hydrogens (tertiary/aromatic N) is 2. The number of amides is 1. The normalized spacial score (nSPS) is 30.0. The van der Waals surface area contributed by atoms with Gasteiger partial charge in [-0.3, -0.25) is 14.6 Å². The lowest BCUT2D eigenvalue weighted by Gasteiger charge is -2.38. The van der Waals surface area contributed by atoms with Gasteiger partial charge in [0.2, 0.25) is 5.91 Å². The summed E-state index contributed by atoms with van der Waals surface area (Å²) in [6, 6.07) is 0.319. The van der Waals surface area contributed by atoms with Gasteiger partial charge >= 0.3 is 0 Å². The van der Waals surface area contributed by atoms with Gasteiger partial charge in [0.25, 0.3) is 0 Å². The van der Waals surface area contributed by atoms with E-state index in [-0.39, 0.29) is 18.6 Å². The molecule has 1 amide bonds. The highest BCUT2D eigenvalue weighted by Crippen LogP contribution is 2.23. The van der Waals surface area contributed by atoms with Crippen molar-refractivity contribution >= 4 is 5.91 Å². The van der Waals surface area contributed by atoms with Crippen molar-refractivity contribution in [2.75, 3.05) is 39.3 Å². The number of hydrogen-bond acceptors (Lipinski definition) is 4. The van der Waals surface area contributed by atoms with Gasteiger partial charge in [-0.05, 0) is 25.7 Å². The fraction of sp³-hybridized carbons (Fsp3) is 0.938. The van der Waals surface area contributed by atoms with Gasteiger partial charge in [-0.15, -0.1) is 0 Å². The molecule has 2 rings (SSSR count). The summed E-state index contributed by atoms with van der Waals surface area (Å²) >= 11 is 0. The second-order valence-corrected chi connectivity index (χ2v) is 6.65. The Kier molecular flexibility index (Phi) is 6.45. The van der Waals surface area contributed by atoms with Crippen molar-refractivity contribution in [2.24, 2.45) is 5.92 Å². The summed E-state index contributed by atoms with van der Waals surface area (Å²) in [6.07, 6.45) is 4.91. The van der Waals surface area contributed by atoms with Gasteiger partial charge in [-0.25, -0.2) is 0 Å². The molecule has 5 heteroatoms. The SMILES string of the molecule is CC1CCCCC1NC(=O)C(C)N1CCN(CCO)CC1. The Morgan fingerprint density at radius 1 is 1.24 bits per heavy atom. The molecule has 21 heavy (non-hydrogen) atoms. The lowest BCUT2D eigenvalue weighted by atomic mass is 9.86. The van der Waals surface area contributed by atoms with Gasteiger partial charge in [0, 0.05) is 38.8 Å². The minimum atomic E-state index is -0.0459. The smallest absolute Gasteiger partial charge is 0.237 e. The van der Waals surface area contributed by atoms with Gasteiger partial charge in [0.15, 0.2) is 0 Å². The molecule has 3 atom stereocenters. The van der Waals surface area contributed by atoms with E-state index in [4.69, 9.17) is 5.11 Å². The van der Waals surface area contributed by atoms with E-state index in [1.807, 2.05) is 6.92 Å². The molecule has 2 N–H and O–H groups in total. The molecule has 5 nitrogen and oxygen atoms in total. The molecule has 2 fully saturated rings. The van der Waals surface area contributed by atoms with Crippen LogP contribution in [0.3, 0.4) is 0 Å². The monoisotopic (exact) mass is 297 g/mol. The Balaban J connectivity index is 1.77. The fourth-order valence-electron chi connectivity index (χ4n) is 3.52. The summed E-state index contributed by atoms with van der Waals surface area (Å²) in [5.41, 5.74) is 0. The molecule has 0 bridgehead atoms. The minimum Gasteiger partial charge on any atom is -0.395 e. The first-order valence-corrected chi connectivity index (χ1v) is 8.49. The Morgan fingerprint density at radius 2 is 1.90 bits per heavy atom.